The van der Waals surface area contributed by atoms with Gasteiger partial charge in [0.25, 0.3) is 11.8 Å². The second-order valence-electron chi connectivity index (χ2n) is 8.90. The normalized spacial score (nSPS) is 18.5. The van der Waals surface area contributed by atoms with Gasteiger partial charge in [0.05, 0.1) is 17.7 Å². The Morgan fingerprint density at radius 3 is 2.47 bits per heavy atom. The number of hydrogen-bond acceptors (Lipinski definition) is 7. The lowest BCUT2D eigenvalue weighted by atomic mass is 10.0. The monoisotopic (exact) mass is 444 g/mol. The van der Waals surface area contributed by atoms with E-state index in [1.165, 1.54) is 12.1 Å². The Kier molecular flexibility index (Phi) is 6.96. The van der Waals surface area contributed by atoms with Crippen molar-refractivity contribution >= 4 is 29.6 Å². The molecule has 1 saturated heterocycles. The molecule has 1 aromatic carbocycles. The number of hydrogen-bond donors (Lipinski definition) is 1. The maximum atomic E-state index is 12.8. The van der Waals surface area contributed by atoms with Crippen molar-refractivity contribution in [3.63, 3.8) is 0 Å². The third-order valence-corrected chi connectivity index (χ3v) is 5.13. The molecule has 9 nitrogen and oxygen atoms in total. The number of benzene rings is 1. The summed E-state index contributed by atoms with van der Waals surface area (Å²) in [5.74, 6) is -1.94. The number of imide groups is 2. The first-order valence-electron chi connectivity index (χ1n) is 10.8. The van der Waals surface area contributed by atoms with Crippen LogP contribution in [0.2, 0.25) is 0 Å². The van der Waals surface area contributed by atoms with Crippen LogP contribution >= 0.6 is 0 Å². The average molecular weight is 444 g/mol. The lowest BCUT2D eigenvalue weighted by molar-refractivity contribution is -0.155. The van der Waals surface area contributed by atoms with Crippen molar-refractivity contribution < 1.29 is 33.4 Å². The second-order valence-corrected chi connectivity index (χ2v) is 8.90. The number of unbranched alkanes of at least 4 members (excludes halogenated alkanes) is 2. The smallest absolute Gasteiger partial charge is 0.306 e. The second kappa shape index (κ2) is 9.50. The van der Waals surface area contributed by atoms with Crippen molar-refractivity contribution in [1.82, 2.24) is 10.2 Å². The Bertz CT molecular complexity index is 948. The molecule has 1 atom stereocenters. The number of carbonyl (C=O) groups excluding carboxylic acids is 5. The van der Waals surface area contributed by atoms with Gasteiger partial charge in [0, 0.05) is 12.8 Å². The Labute approximate surface area is 186 Å². The summed E-state index contributed by atoms with van der Waals surface area (Å²) in [6.07, 6.45) is 2.73. The van der Waals surface area contributed by atoms with E-state index in [9.17, 15) is 24.0 Å². The molecule has 32 heavy (non-hydrogen) atoms. The molecule has 0 spiro atoms. The maximum absolute atomic E-state index is 12.8. The number of piperidine rings is 1. The molecule has 0 aliphatic carbocycles. The highest BCUT2D eigenvalue weighted by molar-refractivity contribution is 6.23. The summed E-state index contributed by atoms with van der Waals surface area (Å²) in [5.41, 5.74) is -0.0908. The van der Waals surface area contributed by atoms with E-state index in [-0.39, 0.29) is 29.9 Å². The largest absolute Gasteiger partial charge is 0.494 e. The van der Waals surface area contributed by atoms with Gasteiger partial charge < -0.3 is 9.47 Å². The van der Waals surface area contributed by atoms with Crippen molar-refractivity contribution in [3.8, 4) is 5.75 Å². The van der Waals surface area contributed by atoms with Crippen LogP contribution in [-0.4, -0.2) is 52.7 Å². The van der Waals surface area contributed by atoms with E-state index in [0.717, 1.165) is 17.7 Å². The predicted octanol–water partition coefficient (Wildman–Crippen LogP) is 2.37. The fraction of sp³-hybridized carbons (Fsp3) is 0.522. The zero-order valence-electron chi connectivity index (χ0n) is 18.6. The van der Waals surface area contributed by atoms with E-state index < -0.39 is 35.3 Å². The predicted molar refractivity (Wildman–Crippen MR) is 113 cm³/mol. The molecule has 1 N–H and O–H groups in total. The lowest BCUT2D eigenvalue weighted by Gasteiger charge is -2.27. The highest BCUT2D eigenvalue weighted by Gasteiger charge is 2.44. The standard InChI is InChI=1S/C23H28N2O7/c1-23(2,3)32-19(27)7-5-4-6-12-31-14-8-9-15-16(13-14)22(30)25(21(15)29)17-10-11-18(26)24-20(17)28/h8-9,13,17H,4-7,10-12H2,1-3H3,(H,24,26,28). The summed E-state index contributed by atoms with van der Waals surface area (Å²) in [4.78, 5) is 61.6. The third kappa shape index (κ3) is 5.52. The van der Waals surface area contributed by atoms with Gasteiger partial charge in [-0.3, -0.25) is 34.2 Å². The fourth-order valence-electron chi connectivity index (χ4n) is 3.67. The van der Waals surface area contributed by atoms with Gasteiger partial charge in [-0.25, -0.2) is 0 Å². The van der Waals surface area contributed by atoms with E-state index in [4.69, 9.17) is 9.47 Å². The first-order chi connectivity index (χ1) is 15.1. The van der Waals surface area contributed by atoms with Crippen LogP contribution in [0.5, 0.6) is 5.75 Å². The summed E-state index contributed by atoms with van der Waals surface area (Å²) in [5, 5.41) is 2.17. The van der Waals surface area contributed by atoms with Gasteiger partial charge >= 0.3 is 5.97 Å². The van der Waals surface area contributed by atoms with Gasteiger partial charge in [0.1, 0.15) is 17.4 Å². The molecule has 0 aromatic heterocycles. The highest BCUT2D eigenvalue weighted by Crippen LogP contribution is 2.30. The van der Waals surface area contributed by atoms with Crippen LogP contribution in [0.25, 0.3) is 0 Å². The number of fused-ring (bicyclic) bond motifs is 1. The molecule has 2 heterocycles. The van der Waals surface area contributed by atoms with Crippen molar-refractivity contribution in [1.29, 1.82) is 0 Å². The van der Waals surface area contributed by atoms with Crippen molar-refractivity contribution in [2.24, 2.45) is 0 Å². The highest BCUT2D eigenvalue weighted by atomic mass is 16.6. The van der Waals surface area contributed by atoms with Crippen molar-refractivity contribution in [2.75, 3.05) is 6.61 Å². The first kappa shape index (κ1) is 23.4. The number of ether oxygens (including phenoxy) is 2. The number of nitrogens with zero attached hydrogens (tertiary/aromatic N) is 1. The number of amides is 4. The fourth-order valence-corrected chi connectivity index (χ4v) is 3.67. The molecule has 0 radical (unpaired) electrons. The average Bonchev–Trinajstić information content (AvgIpc) is 2.94. The lowest BCUT2D eigenvalue weighted by Crippen LogP contribution is -2.54. The topological polar surface area (TPSA) is 119 Å². The van der Waals surface area contributed by atoms with Crippen LogP contribution in [-0.2, 0) is 19.1 Å². The molecule has 1 unspecified atom stereocenters. The quantitative estimate of drug-likeness (QED) is 0.371. The van der Waals surface area contributed by atoms with E-state index in [0.29, 0.717) is 25.2 Å². The Hall–Kier alpha value is -3.23. The molecule has 3 rings (SSSR count). The van der Waals surface area contributed by atoms with Crippen molar-refractivity contribution in [2.45, 2.75) is 70.9 Å². The number of nitrogens with one attached hydrogen (secondary N) is 1. The number of rotatable bonds is 8. The summed E-state index contributed by atoms with van der Waals surface area (Å²) in [7, 11) is 0. The first-order valence-corrected chi connectivity index (χ1v) is 10.8. The van der Waals surface area contributed by atoms with Crippen LogP contribution < -0.4 is 10.1 Å². The van der Waals surface area contributed by atoms with Gasteiger partial charge in [-0.1, -0.05) is 0 Å². The SMILES string of the molecule is CC(C)(C)OC(=O)CCCCCOc1ccc2c(c1)C(=O)N(C1CCC(=O)NC1=O)C2=O. The Morgan fingerprint density at radius 1 is 1.06 bits per heavy atom. The van der Waals surface area contributed by atoms with Gasteiger partial charge in [0.2, 0.25) is 11.8 Å². The zero-order valence-corrected chi connectivity index (χ0v) is 18.6. The Morgan fingerprint density at radius 2 is 1.78 bits per heavy atom. The van der Waals surface area contributed by atoms with E-state index in [1.54, 1.807) is 6.07 Å². The van der Waals surface area contributed by atoms with Crippen LogP contribution in [0, 0.1) is 0 Å². The minimum Gasteiger partial charge on any atom is -0.494 e. The molecule has 0 bridgehead atoms. The van der Waals surface area contributed by atoms with E-state index >= 15 is 0 Å². The molecule has 172 valence electrons. The molecule has 2 aliphatic rings. The van der Waals surface area contributed by atoms with Crippen LogP contribution in [0.1, 0.15) is 80.0 Å². The minimum absolute atomic E-state index is 0.0755. The molecule has 0 saturated carbocycles. The molecular formula is C23H28N2O7. The van der Waals surface area contributed by atoms with Crippen molar-refractivity contribution in [3.05, 3.63) is 29.3 Å². The molecule has 9 heteroatoms. The summed E-state index contributed by atoms with van der Waals surface area (Å²) in [6, 6.07) is 3.63. The number of carbonyl (C=O) groups is 5. The summed E-state index contributed by atoms with van der Waals surface area (Å²) >= 11 is 0. The number of esters is 1. The van der Waals surface area contributed by atoms with Gasteiger partial charge in [-0.2, -0.15) is 0 Å². The van der Waals surface area contributed by atoms with Gasteiger partial charge in [-0.05, 0) is 64.7 Å². The van der Waals surface area contributed by atoms with E-state index in [1.807, 2.05) is 20.8 Å². The molecule has 4 amide bonds. The minimum atomic E-state index is -0.991. The zero-order chi connectivity index (χ0) is 23.5. The van der Waals surface area contributed by atoms with Crippen LogP contribution in [0.3, 0.4) is 0 Å². The van der Waals surface area contributed by atoms with Crippen LogP contribution in [0.4, 0.5) is 0 Å². The molecular weight excluding hydrogens is 416 g/mol. The molecule has 1 aromatic rings. The van der Waals surface area contributed by atoms with Crippen LogP contribution in [0.15, 0.2) is 18.2 Å². The third-order valence-electron chi connectivity index (χ3n) is 5.13. The van der Waals surface area contributed by atoms with Gasteiger partial charge in [-0.15, -0.1) is 0 Å². The summed E-state index contributed by atoms with van der Waals surface area (Å²) in [6.45, 7) is 5.89. The molecule has 2 aliphatic heterocycles. The Balaban J connectivity index is 1.50. The van der Waals surface area contributed by atoms with E-state index in [2.05, 4.69) is 5.32 Å². The summed E-state index contributed by atoms with van der Waals surface area (Å²) < 4.78 is 11.0. The molecule has 1 fully saturated rings. The maximum Gasteiger partial charge on any atom is 0.306 e. The van der Waals surface area contributed by atoms with Gasteiger partial charge in [0.15, 0.2) is 0 Å².